The molecule has 1 aliphatic heterocycles. The van der Waals surface area contributed by atoms with Crippen LogP contribution in [0.5, 0.6) is 5.75 Å². The molecule has 0 spiro atoms. The number of anilines is 1. The number of benzene rings is 2. The van der Waals surface area contributed by atoms with Crippen LogP contribution < -0.4 is 10.1 Å². The lowest BCUT2D eigenvalue weighted by Crippen LogP contribution is -2.16. The zero-order chi connectivity index (χ0) is 19.9. The maximum Gasteiger partial charge on any atom is 0.224 e. The van der Waals surface area contributed by atoms with E-state index in [-0.39, 0.29) is 30.6 Å². The van der Waals surface area contributed by atoms with Crippen molar-refractivity contribution >= 4 is 17.4 Å². The van der Waals surface area contributed by atoms with Crippen LogP contribution in [0.1, 0.15) is 47.2 Å². The number of nitrogens with one attached hydrogen (secondary N) is 1. The van der Waals surface area contributed by atoms with Crippen molar-refractivity contribution in [1.29, 1.82) is 0 Å². The predicted octanol–water partition coefficient (Wildman–Crippen LogP) is 4.46. The fourth-order valence-electron chi connectivity index (χ4n) is 3.25. The monoisotopic (exact) mass is 381 g/mol. The molecule has 0 bridgehead atoms. The van der Waals surface area contributed by atoms with E-state index in [4.69, 9.17) is 9.47 Å². The van der Waals surface area contributed by atoms with Gasteiger partial charge in [-0.05, 0) is 50.5 Å². The minimum Gasteiger partial charge on any atom is -0.491 e. The standard InChI is InChI=1S/C23H27NO4/c1-16-8-9-17(2)21(13-16)22(25)10-11-23(26)24-18-5-3-6-19(14-18)28-15-20-7-4-12-27-20/h3,5-6,8-9,13-14,20H,4,7,10-12,15H2,1-2H3,(H,24,26)/t20-/m1/s1. The van der Waals surface area contributed by atoms with E-state index in [1.807, 2.05) is 50.2 Å². The highest BCUT2D eigenvalue weighted by atomic mass is 16.5. The number of carbonyl (C=O) groups excluding carboxylic acids is 2. The molecule has 1 N–H and O–H groups in total. The fraction of sp³-hybridized carbons (Fsp3) is 0.391. The molecule has 1 aliphatic rings. The summed E-state index contributed by atoms with van der Waals surface area (Å²) in [6.45, 7) is 5.18. The summed E-state index contributed by atoms with van der Waals surface area (Å²) < 4.78 is 11.3. The molecule has 0 saturated carbocycles. The second-order valence-corrected chi connectivity index (χ2v) is 7.26. The van der Waals surface area contributed by atoms with Crippen molar-refractivity contribution in [3.63, 3.8) is 0 Å². The first-order valence-corrected chi connectivity index (χ1v) is 9.76. The zero-order valence-electron chi connectivity index (χ0n) is 16.5. The second kappa shape index (κ2) is 9.51. The Labute approximate surface area is 166 Å². The molecule has 1 saturated heterocycles. The van der Waals surface area contributed by atoms with Crippen LogP contribution in [0.3, 0.4) is 0 Å². The van der Waals surface area contributed by atoms with Gasteiger partial charge >= 0.3 is 0 Å². The quantitative estimate of drug-likeness (QED) is 0.686. The van der Waals surface area contributed by atoms with Gasteiger partial charge in [0.15, 0.2) is 5.78 Å². The van der Waals surface area contributed by atoms with Crippen molar-refractivity contribution in [3.05, 3.63) is 59.2 Å². The molecule has 0 unspecified atom stereocenters. The van der Waals surface area contributed by atoms with Crippen molar-refractivity contribution in [2.75, 3.05) is 18.5 Å². The van der Waals surface area contributed by atoms with Crippen molar-refractivity contribution in [1.82, 2.24) is 0 Å². The summed E-state index contributed by atoms with van der Waals surface area (Å²) in [6.07, 6.45) is 2.57. The minimum atomic E-state index is -0.185. The molecule has 2 aromatic rings. The Morgan fingerprint density at radius 2 is 2.00 bits per heavy atom. The first-order chi connectivity index (χ1) is 13.5. The van der Waals surface area contributed by atoms with Gasteiger partial charge in [-0.1, -0.05) is 23.8 Å². The van der Waals surface area contributed by atoms with E-state index >= 15 is 0 Å². The zero-order valence-corrected chi connectivity index (χ0v) is 16.5. The highest BCUT2D eigenvalue weighted by molar-refractivity contribution is 6.01. The third-order valence-electron chi connectivity index (χ3n) is 4.85. The van der Waals surface area contributed by atoms with Crippen molar-refractivity contribution in [2.45, 2.75) is 45.6 Å². The largest absolute Gasteiger partial charge is 0.491 e. The fourth-order valence-corrected chi connectivity index (χ4v) is 3.25. The van der Waals surface area contributed by atoms with Gasteiger partial charge in [0.25, 0.3) is 0 Å². The van der Waals surface area contributed by atoms with E-state index in [1.165, 1.54) is 0 Å². The SMILES string of the molecule is Cc1ccc(C)c(C(=O)CCC(=O)Nc2cccc(OC[C@H]3CCCO3)c2)c1. The molecule has 0 aliphatic carbocycles. The normalized spacial score (nSPS) is 16.0. The van der Waals surface area contributed by atoms with Gasteiger partial charge in [-0.25, -0.2) is 0 Å². The molecule has 5 heteroatoms. The molecule has 1 heterocycles. The van der Waals surface area contributed by atoms with Gasteiger partial charge in [0.05, 0.1) is 6.10 Å². The summed E-state index contributed by atoms with van der Waals surface area (Å²) in [5, 5.41) is 2.84. The van der Waals surface area contributed by atoms with Crippen LogP contribution in [0.15, 0.2) is 42.5 Å². The summed E-state index contributed by atoms with van der Waals surface area (Å²) in [4.78, 5) is 24.7. The third kappa shape index (κ3) is 5.67. The van der Waals surface area contributed by atoms with E-state index in [9.17, 15) is 9.59 Å². The number of carbonyl (C=O) groups is 2. The van der Waals surface area contributed by atoms with Gasteiger partial charge < -0.3 is 14.8 Å². The highest BCUT2D eigenvalue weighted by Gasteiger charge is 2.16. The molecule has 5 nitrogen and oxygen atoms in total. The Hall–Kier alpha value is -2.66. The van der Waals surface area contributed by atoms with Crippen LogP contribution in [-0.2, 0) is 9.53 Å². The summed E-state index contributed by atoms with van der Waals surface area (Å²) in [7, 11) is 0. The molecular weight excluding hydrogens is 354 g/mol. The molecule has 2 aromatic carbocycles. The van der Waals surface area contributed by atoms with Crippen LogP contribution in [0.4, 0.5) is 5.69 Å². The summed E-state index contributed by atoms with van der Waals surface area (Å²) in [5.41, 5.74) is 3.33. The average Bonchev–Trinajstić information content (AvgIpc) is 3.20. The van der Waals surface area contributed by atoms with Crippen LogP contribution in [-0.4, -0.2) is 31.0 Å². The van der Waals surface area contributed by atoms with Gasteiger partial charge in [-0.15, -0.1) is 0 Å². The average molecular weight is 381 g/mol. The van der Waals surface area contributed by atoms with Gasteiger partial charge in [0.1, 0.15) is 12.4 Å². The molecule has 0 radical (unpaired) electrons. The molecule has 28 heavy (non-hydrogen) atoms. The lowest BCUT2D eigenvalue weighted by Gasteiger charge is -2.12. The minimum absolute atomic E-state index is 0.00926. The lowest BCUT2D eigenvalue weighted by molar-refractivity contribution is -0.116. The van der Waals surface area contributed by atoms with Gasteiger partial charge in [-0.3, -0.25) is 9.59 Å². The van der Waals surface area contributed by atoms with Gasteiger partial charge in [0.2, 0.25) is 5.91 Å². The summed E-state index contributed by atoms with van der Waals surface area (Å²) in [5.74, 6) is 0.500. The van der Waals surface area contributed by atoms with Crippen LogP contribution in [0, 0.1) is 13.8 Å². The number of hydrogen-bond acceptors (Lipinski definition) is 4. The van der Waals surface area contributed by atoms with Crippen molar-refractivity contribution in [2.24, 2.45) is 0 Å². The molecular formula is C23H27NO4. The molecule has 1 atom stereocenters. The summed E-state index contributed by atoms with van der Waals surface area (Å²) >= 11 is 0. The molecule has 0 aromatic heterocycles. The number of rotatable bonds is 8. The van der Waals surface area contributed by atoms with E-state index in [2.05, 4.69) is 5.32 Å². The maximum atomic E-state index is 12.4. The van der Waals surface area contributed by atoms with Crippen LogP contribution in [0.25, 0.3) is 0 Å². The molecule has 148 valence electrons. The number of aryl methyl sites for hydroxylation is 2. The van der Waals surface area contributed by atoms with E-state index < -0.39 is 0 Å². The first-order valence-electron chi connectivity index (χ1n) is 9.76. The van der Waals surface area contributed by atoms with Gasteiger partial charge in [-0.2, -0.15) is 0 Å². The molecule has 1 fully saturated rings. The number of Topliss-reactive ketones (excluding diaryl/α,β-unsaturated/α-hetero) is 1. The van der Waals surface area contributed by atoms with E-state index in [1.54, 1.807) is 6.07 Å². The Bertz CT molecular complexity index is 840. The Kier molecular flexibility index (Phi) is 6.82. The number of amides is 1. The smallest absolute Gasteiger partial charge is 0.224 e. The number of hydrogen-bond donors (Lipinski definition) is 1. The Balaban J connectivity index is 1.49. The second-order valence-electron chi connectivity index (χ2n) is 7.26. The molecule has 3 rings (SSSR count). The maximum absolute atomic E-state index is 12.4. The lowest BCUT2D eigenvalue weighted by atomic mass is 9.99. The predicted molar refractivity (Wildman–Crippen MR) is 109 cm³/mol. The Morgan fingerprint density at radius 1 is 1.14 bits per heavy atom. The van der Waals surface area contributed by atoms with Crippen molar-refractivity contribution < 1.29 is 19.1 Å². The highest BCUT2D eigenvalue weighted by Crippen LogP contribution is 2.20. The van der Waals surface area contributed by atoms with Gasteiger partial charge in [0, 0.05) is 36.8 Å². The third-order valence-corrected chi connectivity index (χ3v) is 4.85. The van der Waals surface area contributed by atoms with Crippen molar-refractivity contribution in [3.8, 4) is 5.75 Å². The Morgan fingerprint density at radius 3 is 2.79 bits per heavy atom. The molecule has 1 amide bonds. The van der Waals surface area contributed by atoms with Crippen LogP contribution in [0.2, 0.25) is 0 Å². The summed E-state index contributed by atoms with van der Waals surface area (Å²) in [6, 6.07) is 13.1. The van der Waals surface area contributed by atoms with E-state index in [0.717, 1.165) is 30.6 Å². The van der Waals surface area contributed by atoms with E-state index in [0.29, 0.717) is 23.6 Å². The topological polar surface area (TPSA) is 64.6 Å². The first kappa shape index (κ1) is 20.1. The number of ketones is 1. The number of ether oxygens (including phenoxy) is 2. The van der Waals surface area contributed by atoms with Crippen LogP contribution >= 0.6 is 0 Å².